The van der Waals surface area contributed by atoms with Crippen LogP contribution >= 0.6 is 0 Å². The number of nitrogens with zero attached hydrogens (tertiary/aromatic N) is 2. The molecule has 8 atom stereocenters. The fourth-order valence-corrected chi connectivity index (χ4v) is 9.03. The van der Waals surface area contributed by atoms with Gasteiger partial charge in [0.1, 0.15) is 5.75 Å². The van der Waals surface area contributed by atoms with Gasteiger partial charge in [-0.15, -0.1) is 0 Å². The zero-order valence-electron chi connectivity index (χ0n) is 22.2. The number of likely N-dealkylation sites (tertiary alicyclic amines) is 1. The van der Waals surface area contributed by atoms with Crippen molar-refractivity contribution in [2.24, 2.45) is 34.5 Å². The maximum atomic E-state index is 12.6. The number of piperidine rings is 1. The number of carbonyl (C=O) groups excluding carboxylic acids is 2. The predicted molar refractivity (Wildman–Crippen MR) is 140 cm³/mol. The van der Waals surface area contributed by atoms with Gasteiger partial charge in [0.2, 0.25) is 5.91 Å². The van der Waals surface area contributed by atoms with Crippen molar-refractivity contribution in [1.29, 1.82) is 0 Å². The van der Waals surface area contributed by atoms with Crippen molar-refractivity contribution in [1.82, 2.24) is 9.47 Å². The number of benzene rings is 1. The molecule has 1 aromatic carbocycles. The second kappa shape index (κ2) is 8.49. The number of carbonyl (C=O) groups is 2. The van der Waals surface area contributed by atoms with Crippen LogP contribution in [0.1, 0.15) is 76.1 Å². The molecular formula is C31H40N2O3. The van der Waals surface area contributed by atoms with Crippen LogP contribution in [0.5, 0.6) is 5.75 Å². The van der Waals surface area contributed by atoms with Crippen LogP contribution in [0, 0.1) is 34.5 Å². The second-order valence-corrected chi connectivity index (χ2v) is 12.8. The summed E-state index contributed by atoms with van der Waals surface area (Å²) in [5, 5.41) is 0. The molecule has 2 heterocycles. The normalized spacial score (nSPS) is 39.8. The van der Waals surface area contributed by atoms with Crippen LogP contribution in [0.2, 0.25) is 0 Å². The molecule has 3 saturated carbocycles. The van der Waals surface area contributed by atoms with Gasteiger partial charge in [0.05, 0.1) is 6.10 Å². The molecule has 4 aliphatic rings. The molecule has 1 saturated heterocycles. The van der Waals surface area contributed by atoms with E-state index in [1.165, 1.54) is 12.8 Å². The molecule has 1 aromatic heterocycles. The van der Waals surface area contributed by atoms with E-state index in [2.05, 4.69) is 25.7 Å². The highest BCUT2D eigenvalue weighted by Crippen LogP contribution is 2.66. The first-order valence-corrected chi connectivity index (χ1v) is 13.9. The van der Waals surface area contributed by atoms with Crippen LogP contribution in [0.3, 0.4) is 0 Å². The van der Waals surface area contributed by atoms with E-state index < -0.39 is 0 Å². The zero-order chi connectivity index (χ0) is 25.2. The van der Waals surface area contributed by atoms with E-state index in [0.29, 0.717) is 53.0 Å². The third-order valence-corrected chi connectivity index (χ3v) is 10.9. The van der Waals surface area contributed by atoms with Gasteiger partial charge in [0.25, 0.3) is 5.91 Å². The Bertz CT molecular complexity index is 1140. The fourth-order valence-electron chi connectivity index (χ4n) is 9.03. The molecule has 4 fully saturated rings. The van der Waals surface area contributed by atoms with Gasteiger partial charge in [0.15, 0.2) is 0 Å². The van der Waals surface area contributed by atoms with E-state index in [-0.39, 0.29) is 17.4 Å². The molecule has 192 valence electrons. The maximum absolute atomic E-state index is 12.6. The highest BCUT2D eigenvalue weighted by molar-refractivity contribution is 5.96. The monoisotopic (exact) mass is 488 g/mol. The lowest BCUT2D eigenvalue weighted by Crippen LogP contribution is -2.62. The van der Waals surface area contributed by atoms with Crippen molar-refractivity contribution in [2.45, 2.75) is 77.9 Å². The van der Waals surface area contributed by atoms with Crippen molar-refractivity contribution in [3.05, 3.63) is 54.4 Å². The van der Waals surface area contributed by atoms with Crippen molar-refractivity contribution in [2.75, 3.05) is 7.05 Å². The van der Waals surface area contributed by atoms with Gasteiger partial charge < -0.3 is 9.64 Å². The first kappa shape index (κ1) is 23.8. The lowest BCUT2D eigenvalue weighted by atomic mass is 9.45. The summed E-state index contributed by atoms with van der Waals surface area (Å²) in [5.41, 5.74) is 1.23. The van der Waals surface area contributed by atoms with E-state index in [0.717, 1.165) is 31.4 Å². The maximum Gasteiger partial charge on any atom is 0.261 e. The smallest absolute Gasteiger partial charge is 0.261 e. The minimum absolute atomic E-state index is 0.0230. The van der Waals surface area contributed by atoms with Crippen LogP contribution in [-0.2, 0) is 4.79 Å². The third kappa shape index (κ3) is 3.64. The van der Waals surface area contributed by atoms with Gasteiger partial charge in [-0.1, -0.05) is 20.8 Å². The van der Waals surface area contributed by atoms with E-state index in [1.807, 2.05) is 43.4 Å². The number of amides is 1. The van der Waals surface area contributed by atoms with E-state index >= 15 is 0 Å². The molecule has 3 aliphatic carbocycles. The molecule has 0 bridgehead atoms. The van der Waals surface area contributed by atoms with Gasteiger partial charge in [-0.05, 0) is 109 Å². The summed E-state index contributed by atoms with van der Waals surface area (Å²) in [4.78, 5) is 27.2. The number of aromatic nitrogens is 1. The van der Waals surface area contributed by atoms with Crippen LogP contribution in [-0.4, -0.2) is 40.5 Å². The number of hydrogen-bond acceptors (Lipinski definition) is 3. The predicted octanol–water partition coefficient (Wildman–Crippen LogP) is 6.03. The molecule has 36 heavy (non-hydrogen) atoms. The SMILES string of the molecule is CC1CC2N(C)C(=O)CC[C@]2(C)[C@@H]2CC[C@]3(C)CC(Oc4ccc(C(=O)n5cccc5)cc4)C[C@H]3[C@H]12. The fraction of sp³-hybridized carbons (Fsp3) is 0.613. The van der Waals surface area contributed by atoms with Crippen LogP contribution in [0.15, 0.2) is 48.8 Å². The third-order valence-electron chi connectivity index (χ3n) is 10.9. The number of ether oxygens (including phenoxy) is 1. The first-order chi connectivity index (χ1) is 17.2. The number of fused-ring (bicyclic) bond motifs is 5. The minimum atomic E-state index is -0.0230. The molecule has 0 N–H and O–H groups in total. The number of hydrogen-bond donors (Lipinski definition) is 0. The Labute approximate surface area is 215 Å². The number of rotatable bonds is 3. The summed E-state index contributed by atoms with van der Waals surface area (Å²) >= 11 is 0. The highest BCUT2D eigenvalue weighted by Gasteiger charge is 2.62. The molecule has 2 aromatic rings. The topological polar surface area (TPSA) is 51.5 Å². The van der Waals surface area contributed by atoms with Crippen molar-refractivity contribution in [3.63, 3.8) is 0 Å². The largest absolute Gasteiger partial charge is 0.490 e. The van der Waals surface area contributed by atoms with Gasteiger partial charge >= 0.3 is 0 Å². The Kier molecular flexibility index (Phi) is 5.62. The molecule has 1 aliphatic heterocycles. The Morgan fingerprint density at radius 3 is 2.47 bits per heavy atom. The summed E-state index contributed by atoms with van der Waals surface area (Å²) in [5.74, 6) is 3.87. The van der Waals surface area contributed by atoms with Gasteiger partial charge in [-0.2, -0.15) is 0 Å². The molecule has 0 radical (unpaired) electrons. The highest BCUT2D eigenvalue weighted by atomic mass is 16.5. The van der Waals surface area contributed by atoms with Crippen molar-refractivity contribution >= 4 is 11.8 Å². The van der Waals surface area contributed by atoms with Gasteiger partial charge in [0, 0.05) is 37.5 Å². The van der Waals surface area contributed by atoms with E-state index in [9.17, 15) is 9.59 Å². The standard InChI is InChI=1S/C31H40N2O3/c1-20-17-26-31(3,14-12-27(34)32(26)4)24-11-13-30(2)19-23(18-25(30)28(20)24)36-22-9-7-21(8-10-22)29(35)33-15-5-6-16-33/h5-10,15-16,20,23-26,28H,11-14,17-19H2,1-4H3/t20?,23?,24-,25+,26?,28-,30-,31-/m1/s1. The second-order valence-electron chi connectivity index (χ2n) is 12.8. The van der Waals surface area contributed by atoms with Crippen molar-refractivity contribution in [3.8, 4) is 5.75 Å². The van der Waals surface area contributed by atoms with E-state index in [1.54, 1.807) is 17.0 Å². The summed E-state index contributed by atoms with van der Waals surface area (Å²) in [6.07, 6.45) is 11.4. The molecule has 1 amide bonds. The lowest BCUT2D eigenvalue weighted by Gasteiger charge is -2.63. The van der Waals surface area contributed by atoms with Crippen LogP contribution in [0.4, 0.5) is 0 Å². The summed E-state index contributed by atoms with van der Waals surface area (Å²) < 4.78 is 8.17. The summed E-state index contributed by atoms with van der Waals surface area (Å²) in [6.45, 7) is 7.45. The zero-order valence-corrected chi connectivity index (χ0v) is 22.2. The Hall–Kier alpha value is -2.56. The molecule has 3 unspecified atom stereocenters. The quantitative estimate of drug-likeness (QED) is 0.530. The Balaban J connectivity index is 1.18. The molecular weight excluding hydrogens is 448 g/mol. The average molecular weight is 489 g/mol. The lowest BCUT2D eigenvalue weighted by molar-refractivity contribution is -0.164. The molecule has 5 heteroatoms. The molecule has 0 spiro atoms. The van der Waals surface area contributed by atoms with E-state index in [4.69, 9.17) is 4.74 Å². The van der Waals surface area contributed by atoms with Gasteiger partial charge in [-0.25, -0.2) is 0 Å². The van der Waals surface area contributed by atoms with Gasteiger partial charge in [-0.3, -0.25) is 14.2 Å². The molecule has 6 rings (SSSR count). The Morgan fingerprint density at radius 1 is 1.03 bits per heavy atom. The first-order valence-electron chi connectivity index (χ1n) is 13.9. The Morgan fingerprint density at radius 2 is 1.75 bits per heavy atom. The molecule has 5 nitrogen and oxygen atoms in total. The van der Waals surface area contributed by atoms with Crippen LogP contribution < -0.4 is 4.74 Å². The summed E-state index contributed by atoms with van der Waals surface area (Å²) in [7, 11) is 2.04. The minimum Gasteiger partial charge on any atom is -0.490 e. The average Bonchev–Trinajstić information content (AvgIpc) is 3.51. The van der Waals surface area contributed by atoms with Crippen molar-refractivity contribution < 1.29 is 14.3 Å². The summed E-state index contributed by atoms with van der Waals surface area (Å²) in [6, 6.07) is 11.8. The van der Waals surface area contributed by atoms with Crippen LogP contribution in [0.25, 0.3) is 0 Å².